The number of hydrogen-bond acceptors (Lipinski definition) is 2. The quantitative estimate of drug-likeness (QED) is 0.809. The molecular formula is C17H28N2. The number of rotatable bonds is 7. The summed E-state index contributed by atoms with van der Waals surface area (Å²) in [5.74, 6) is 0.969. The van der Waals surface area contributed by atoms with Crippen molar-refractivity contribution in [3.63, 3.8) is 0 Å². The zero-order chi connectivity index (χ0) is 13.8. The van der Waals surface area contributed by atoms with E-state index >= 15 is 0 Å². The molecule has 2 nitrogen and oxygen atoms in total. The third-order valence-electron chi connectivity index (χ3n) is 4.10. The van der Waals surface area contributed by atoms with E-state index in [1.807, 2.05) is 0 Å². The SMILES string of the molecule is CCN(CC1CC1)CC(NC)c1cc(C)cc(C)c1. The summed E-state index contributed by atoms with van der Waals surface area (Å²) in [6.45, 7) is 10.2. The van der Waals surface area contributed by atoms with E-state index in [0.717, 1.165) is 19.0 Å². The molecule has 1 unspecified atom stereocenters. The van der Waals surface area contributed by atoms with Crippen LogP contribution in [0.5, 0.6) is 0 Å². The van der Waals surface area contributed by atoms with E-state index in [1.165, 1.54) is 36.1 Å². The van der Waals surface area contributed by atoms with E-state index in [9.17, 15) is 0 Å². The second kappa shape index (κ2) is 6.53. The number of hydrogen-bond donors (Lipinski definition) is 1. The minimum Gasteiger partial charge on any atom is -0.312 e. The third-order valence-corrected chi connectivity index (χ3v) is 4.10. The number of aryl methyl sites for hydroxylation is 2. The number of benzene rings is 1. The molecule has 2 heteroatoms. The van der Waals surface area contributed by atoms with Gasteiger partial charge >= 0.3 is 0 Å². The van der Waals surface area contributed by atoms with Gasteiger partial charge in [-0.2, -0.15) is 0 Å². The molecule has 1 aliphatic rings. The van der Waals surface area contributed by atoms with E-state index in [1.54, 1.807) is 0 Å². The van der Waals surface area contributed by atoms with Gasteiger partial charge in [-0.15, -0.1) is 0 Å². The molecule has 0 aromatic heterocycles. The smallest absolute Gasteiger partial charge is 0.0447 e. The van der Waals surface area contributed by atoms with Gasteiger partial charge in [-0.05, 0) is 51.8 Å². The Bertz CT molecular complexity index is 389. The van der Waals surface area contributed by atoms with Gasteiger partial charge < -0.3 is 10.2 Å². The highest BCUT2D eigenvalue weighted by atomic mass is 15.1. The van der Waals surface area contributed by atoms with Crippen LogP contribution in [0.4, 0.5) is 0 Å². The van der Waals surface area contributed by atoms with Crippen LogP contribution >= 0.6 is 0 Å². The average molecular weight is 260 g/mol. The largest absolute Gasteiger partial charge is 0.312 e. The van der Waals surface area contributed by atoms with Crippen LogP contribution in [0.1, 0.15) is 42.5 Å². The van der Waals surface area contributed by atoms with Crippen molar-refractivity contribution >= 4 is 0 Å². The Kier molecular flexibility index (Phi) is 5.00. The summed E-state index contributed by atoms with van der Waals surface area (Å²) in [5.41, 5.74) is 4.15. The molecule has 1 aromatic rings. The number of likely N-dealkylation sites (N-methyl/N-ethyl adjacent to an activating group) is 2. The minimum absolute atomic E-state index is 0.442. The van der Waals surface area contributed by atoms with Crippen molar-refractivity contribution in [1.29, 1.82) is 0 Å². The topological polar surface area (TPSA) is 15.3 Å². The Balaban J connectivity index is 2.04. The summed E-state index contributed by atoms with van der Waals surface area (Å²) in [7, 11) is 2.08. The maximum Gasteiger partial charge on any atom is 0.0447 e. The molecule has 19 heavy (non-hydrogen) atoms. The van der Waals surface area contributed by atoms with Crippen molar-refractivity contribution in [3.05, 3.63) is 34.9 Å². The summed E-state index contributed by atoms with van der Waals surface area (Å²) in [4.78, 5) is 2.59. The van der Waals surface area contributed by atoms with Crippen LogP contribution in [0.3, 0.4) is 0 Å². The fourth-order valence-electron chi connectivity index (χ4n) is 2.83. The summed E-state index contributed by atoms with van der Waals surface area (Å²) >= 11 is 0. The maximum absolute atomic E-state index is 3.49. The lowest BCUT2D eigenvalue weighted by Gasteiger charge is -2.27. The summed E-state index contributed by atoms with van der Waals surface area (Å²) in [6.07, 6.45) is 2.87. The maximum atomic E-state index is 3.49. The van der Waals surface area contributed by atoms with Crippen molar-refractivity contribution in [3.8, 4) is 0 Å². The second-order valence-corrected chi connectivity index (χ2v) is 6.06. The van der Waals surface area contributed by atoms with Crippen LogP contribution in [-0.2, 0) is 0 Å². The first-order valence-corrected chi connectivity index (χ1v) is 7.60. The van der Waals surface area contributed by atoms with Crippen LogP contribution in [0.15, 0.2) is 18.2 Å². The molecule has 0 spiro atoms. The standard InChI is InChI=1S/C17H28N2/c1-5-19(11-15-6-7-15)12-17(18-4)16-9-13(2)8-14(3)10-16/h8-10,15,17-18H,5-7,11-12H2,1-4H3. The Labute approximate surface area is 118 Å². The summed E-state index contributed by atoms with van der Waals surface area (Å²) in [6, 6.07) is 7.33. The van der Waals surface area contributed by atoms with Crippen molar-refractivity contribution in [2.45, 2.75) is 39.7 Å². The van der Waals surface area contributed by atoms with Crippen LogP contribution < -0.4 is 5.32 Å². The molecule has 0 amide bonds. The molecule has 1 aliphatic carbocycles. The van der Waals surface area contributed by atoms with E-state index in [-0.39, 0.29) is 0 Å². The van der Waals surface area contributed by atoms with E-state index < -0.39 is 0 Å². The van der Waals surface area contributed by atoms with E-state index in [2.05, 4.69) is 56.2 Å². The predicted molar refractivity (Wildman–Crippen MR) is 82.6 cm³/mol. The fraction of sp³-hybridized carbons (Fsp3) is 0.647. The molecule has 106 valence electrons. The number of nitrogens with zero attached hydrogens (tertiary/aromatic N) is 1. The molecule has 0 heterocycles. The van der Waals surface area contributed by atoms with Gasteiger partial charge in [0.25, 0.3) is 0 Å². The highest BCUT2D eigenvalue weighted by molar-refractivity contribution is 5.30. The molecule has 0 bridgehead atoms. The monoisotopic (exact) mass is 260 g/mol. The van der Waals surface area contributed by atoms with Crippen LogP contribution in [0, 0.1) is 19.8 Å². The molecule has 1 saturated carbocycles. The van der Waals surface area contributed by atoms with Crippen molar-refractivity contribution < 1.29 is 0 Å². The highest BCUT2D eigenvalue weighted by Crippen LogP contribution is 2.30. The molecule has 1 N–H and O–H groups in total. The van der Waals surface area contributed by atoms with Crippen molar-refractivity contribution in [2.75, 3.05) is 26.7 Å². The first-order valence-electron chi connectivity index (χ1n) is 7.60. The van der Waals surface area contributed by atoms with Gasteiger partial charge in [0.05, 0.1) is 0 Å². The van der Waals surface area contributed by atoms with Gasteiger partial charge in [0, 0.05) is 19.1 Å². The number of nitrogens with one attached hydrogen (secondary N) is 1. The normalized spacial score (nSPS) is 16.9. The Morgan fingerprint density at radius 2 is 1.84 bits per heavy atom. The molecule has 1 aromatic carbocycles. The van der Waals surface area contributed by atoms with Crippen molar-refractivity contribution in [2.24, 2.45) is 5.92 Å². The van der Waals surface area contributed by atoms with Gasteiger partial charge in [0.1, 0.15) is 0 Å². The lowest BCUT2D eigenvalue weighted by molar-refractivity contribution is 0.248. The molecule has 0 saturated heterocycles. The van der Waals surface area contributed by atoms with Crippen LogP contribution in [0.2, 0.25) is 0 Å². The van der Waals surface area contributed by atoms with Crippen LogP contribution in [-0.4, -0.2) is 31.6 Å². The lowest BCUT2D eigenvalue weighted by atomic mass is 10.0. The van der Waals surface area contributed by atoms with Crippen molar-refractivity contribution in [1.82, 2.24) is 10.2 Å². The second-order valence-electron chi connectivity index (χ2n) is 6.06. The van der Waals surface area contributed by atoms with Gasteiger partial charge in [0.2, 0.25) is 0 Å². The molecule has 0 aliphatic heterocycles. The minimum atomic E-state index is 0.442. The van der Waals surface area contributed by atoms with E-state index in [0.29, 0.717) is 6.04 Å². The molecule has 1 fully saturated rings. The first kappa shape index (κ1) is 14.5. The Morgan fingerprint density at radius 3 is 2.32 bits per heavy atom. The molecule has 2 rings (SSSR count). The fourth-order valence-corrected chi connectivity index (χ4v) is 2.83. The Morgan fingerprint density at radius 1 is 1.21 bits per heavy atom. The summed E-state index contributed by atoms with van der Waals surface area (Å²) < 4.78 is 0. The van der Waals surface area contributed by atoms with Gasteiger partial charge in [-0.1, -0.05) is 36.2 Å². The first-order chi connectivity index (χ1) is 9.12. The summed E-state index contributed by atoms with van der Waals surface area (Å²) in [5, 5.41) is 3.49. The van der Waals surface area contributed by atoms with E-state index in [4.69, 9.17) is 0 Å². The molecule has 1 atom stereocenters. The molecular weight excluding hydrogens is 232 g/mol. The molecule has 0 radical (unpaired) electrons. The predicted octanol–water partition coefficient (Wildman–Crippen LogP) is 3.30. The van der Waals surface area contributed by atoms with Gasteiger partial charge in [-0.3, -0.25) is 0 Å². The zero-order valence-corrected chi connectivity index (χ0v) is 12.9. The van der Waals surface area contributed by atoms with Gasteiger partial charge in [-0.25, -0.2) is 0 Å². The lowest BCUT2D eigenvalue weighted by Crippen LogP contribution is -2.35. The highest BCUT2D eigenvalue weighted by Gasteiger charge is 2.25. The van der Waals surface area contributed by atoms with Gasteiger partial charge in [0.15, 0.2) is 0 Å². The zero-order valence-electron chi connectivity index (χ0n) is 12.9. The average Bonchev–Trinajstić information content (AvgIpc) is 3.17. The Hall–Kier alpha value is -0.860. The van der Waals surface area contributed by atoms with Crippen LogP contribution in [0.25, 0.3) is 0 Å². The third kappa shape index (κ3) is 4.32.